The second-order valence-electron chi connectivity index (χ2n) is 5.47. The number of hydrogen-bond acceptors (Lipinski definition) is 4. The zero-order chi connectivity index (χ0) is 14.0. The van der Waals surface area contributed by atoms with Gasteiger partial charge in [0.15, 0.2) is 0 Å². The molecule has 4 unspecified atom stereocenters. The molecule has 0 N–H and O–H groups in total. The van der Waals surface area contributed by atoms with Crippen LogP contribution in [0.4, 0.5) is 0 Å². The highest BCUT2D eigenvalue weighted by Crippen LogP contribution is 2.33. The van der Waals surface area contributed by atoms with E-state index in [1.807, 2.05) is 18.5 Å². The fourth-order valence-corrected chi connectivity index (χ4v) is 2.92. The number of ketones is 1. The molecule has 0 aliphatic carbocycles. The Balaban J connectivity index is 2.06. The summed E-state index contributed by atoms with van der Waals surface area (Å²) in [6.07, 6.45) is 3.02. The molecule has 2 heterocycles. The molecule has 1 aromatic rings. The van der Waals surface area contributed by atoms with Gasteiger partial charge in [-0.3, -0.25) is 4.79 Å². The topological polar surface area (TPSA) is 57.0 Å². The molecule has 0 radical (unpaired) electrons. The molecule has 4 atom stereocenters. The van der Waals surface area contributed by atoms with E-state index < -0.39 is 0 Å². The Labute approximate surface area is 114 Å². The Bertz CT molecular complexity index is 444. The number of rotatable bonds is 5. The summed E-state index contributed by atoms with van der Waals surface area (Å²) in [5, 5.41) is 4.16. The summed E-state index contributed by atoms with van der Waals surface area (Å²) in [5.74, 6) is 1.23. The van der Waals surface area contributed by atoms with Crippen molar-refractivity contribution in [1.29, 1.82) is 0 Å². The third kappa shape index (κ3) is 2.86. The van der Waals surface area contributed by atoms with Gasteiger partial charge in [-0.15, -0.1) is 0 Å². The lowest BCUT2D eigenvalue weighted by Gasteiger charge is -2.16. The fraction of sp³-hybridized carbons (Fsp3) is 0.786. The van der Waals surface area contributed by atoms with E-state index in [0.29, 0.717) is 6.42 Å². The third-order valence-electron chi connectivity index (χ3n) is 4.08. The molecule has 1 aromatic heterocycles. The van der Waals surface area contributed by atoms with E-state index in [0.717, 1.165) is 18.8 Å². The maximum atomic E-state index is 12.5. The summed E-state index contributed by atoms with van der Waals surface area (Å²) in [5.41, 5.74) is 0. The fourth-order valence-electron chi connectivity index (χ4n) is 2.92. The number of carbonyl (C=O) groups excluding carboxylic acids is 1. The SMILES string of the molecule is CCCn1ncnc1CC(=O)C1C(C)OC(C)C1C. The highest BCUT2D eigenvalue weighted by molar-refractivity contribution is 5.83. The monoisotopic (exact) mass is 265 g/mol. The van der Waals surface area contributed by atoms with E-state index in [9.17, 15) is 4.79 Å². The van der Waals surface area contributed by atoms with Gasteiger partial charge in [0.1, 0.15) is 17.9 Å². The minimum Gasteiger partial charge on any atom is -0.375 e. The number of ether oxygens (including phenoxy) is 1. The predicted octanol–water partition coefficient (Wildman–Crippen LogP) is 1.86. The Morgan fingerprint density at radius 1 is 1.37 bits per heavy atom. The van der Waals surface area contributed by atoms with Crippen LogP contribution < -0.4 is 0 Å². The van der Waals surface area contributed by atoms with E-state index >= 15 is 0 Å². The molecule has 19 heavy (non-hydrogen) atoms. The van der Waals surface area contributed by atoms with Crippen LogP contribution in [0, 0.1) is 11.8 Å². The molecule has 0 bridgehead atoms. The molecular formula is C14H23N3O2. The van der Waals surface area contributed by atoms with Crippen molar-refractivity contribution in [1.82, 2.24) is 14.8 Å². The zero-order valence-electron chi connectivity index (χ0n) is 12.2. The summed E-state index contributed by atoms with van der Waals surface area (Å²) >= 11 is 0. The highest BCUT2D eigenvalue weighted by atomic mass is 16.5. The average Bonchev–Trinajstić information content (AvgIpc) is 2.86. The maximum absolute atomic E-state index is 12.5. The van der Waals surface area contributed by atoms with Crippen LogP contribution in [0.5, 0.6) is 0 Å². The number of aryl methyl sites for hydroxylation is 1. The molecule has 0 aromatic carbocycles. The van der Waals surface area contributed by atoms with E-state index in [1.54, 1.807) is 0 Å². The maximum Gasteiger partial charge on any atom is 0.146 e. The number of carbonyl (C=O) groups is 1. The van der Waals surface area contributed by atoms with Gasteiger partial charge in [0.05, 0.1) is 18.6 Å². The smallest absolute Gasteiger partial charge is 0.146 e. The molecule has 5 nitrogen and oxygen atoms in total. The Kier molecular flexibility index (Phi) is 4.34. The molecule has 1 aliphatic heterocycles. The lowest BCUT2D eigenvalue weighted by Crippen LogP contribution is -2.29. The summed E-state index contributed by atoms with van der Waals surface area (Å²) in [7, 11) is 0. The lowest BCUT2D eigenvalue weighted by atomic mass is 9.85. The van der Waals surface area contributed by atoms with E-state index in [2.05, 4.69) is 23.9 Å². The second-order valence-corrected chi connectivity index (χ2v) is 5.47. The first-order chi connectivity index (χ1) is 9.04. The Morgan fingerprint density at radius 2 is 2.11 bits per heavy atom. The number of aromatic nitrogens is 3. The first kappa shape index (κ1) is 14.2. The minimum absolute atomic E-state index is 0.0000431. The minimum atomic E-state index is -0.0261. The van der Waals surface area contributed by atoms with E-state index in [-0.39, 0.29) is 29.8 Å². The lowest BCUT2D eigenvalue weighted by molar-refractivity contribution is -0.124. The van der Waals surface area contributed by atoms with Crippen molar-refractivity contribution in [2.45, 2.75) is 59.3 Å². The highest BCUT2D eigenvalue weighted by Gasteiger charge is 2.41. The molecule has 1 saturated heterocycles. The van der Waals surface area contributed by atoms with Gasteiger partial charge in [-0.05, 0) is 26.2 Å². The summed E-state index contributed by atoms with van der Waals surface area (Å²) in [4.78, 5) is 16.7. The van der Waals surface area contributed by atoms with Crippen molar-refractivity contribution < 1.29 is 9.53 Å². The first-order valence-electron chi connectivity index (χ1n) is 7.09. The molecule has 1 fully saturated rings. The van der Waals surface area contributed by atoms with Crippen molar-refractivity contribution in [3.05, 3.63) is 12.2 Å². The van der Waals surface area contributed by atoms with Gasteiger partial charge in [-0.2, -0.15) is 5.10 Å². The van der Waals surface area contributed by atoms with Crippen LogP contribution in [0.25, 0.3) is 0 Å². The first-order valence-corrected chi connectivity index (χ1v) is 7.09. The summed E-state index contributed by atoms with van der Waals surface area (Å²) < 4.78 is 7.57. The van der Waals surface area contributed by atoms with Crippen LogP contribution in [0.3, 0.4) is 0 Å². The average molecular weight is 265 g/mol. The van der Waals surface area contributed by atoms with Gasteiger partial charge in [-0.1, -0.05) is 13.8 Å². The zero-order valence-corrected chi connectivity index (χ0v) is 12.2. The third-order valence-corrected chi connectivity index (χ3v) is 4.08. The molecule has 0 spiro atoms. The number of hydrogen-bond donors (Lipinski definition) is 0. The molecule has 0 saturated carbocycles. The van der Waals surface area contributed by atoms with Gasteiger partial charge in [0, 0.05) is 12.5 Å². The number of Topliss-reactive ketones (excluding diaryl/α,β-unsaturated/α-hetero) is 1. The molecular weight excluding hydrogens is 242 g/mol. The van der Waals surface area contributed by atoms with Gasteiger partial charge in [0.25, 0.3) is 0 Å². The van der Waals surface area contributed by atoms with Crippen LogP contribution >= 0.6 is 0 Å². The van der Waals surface area contributed by atoms with Gasteiger partial charge in [0.2, 0.25) is 0 Å². The van der Waals surface area contributed by atoms with Crippen LogP contribution in [-0.4, -0.2) is 32.8 Å². The number of nitrogens with zero attached hydrogens (tertiary/aromatic N) is 3. The molecule has 1 aliphatic rings. The van der Waals surface area contributed by atoms with E-state index in [4.69, 9.17) is 4.74 Å². The van der Waals surface area contributed by atoms with Crippen molar-refractivity contribution in [3.63, 3.8) is 0 Å². The second kappa shape index (κ2) is 5.82. The van der Waals surface area contributed by atoms with Crippen molar-refractivity contribution in [3.8, 4) is 0 Å². The summed E-state index contributed by atoms with van der Waals surface area (Å²) in [6.45, 7) is 9.01. The Hall–Kier alpha value is -1.23. The van der Waals surface area contributed by atoms with Crippen LogP contribution in [0.1, 0.15) is 39.9 Å². The van der Waals surface area contributed by atoms with Crippen LogP contribution in [-0.2, 0) is 22.5 Å². The normalized spacial score (nSPS) is 30.7. The van der Waals surface area contributed by atoms with Crippen molar-refractivity contribution >= 4 is 5.78 Å². The quantitative estimate of drug-likeness (QED) is 0.815. The Morgan fingerprint density at radius 3 is 2.68 bits per heavy atom. The molecule has 2 rings (SSSR count). The van der Waals surface area contributed by atoms with Crippen LogP contribution in [0.2, 0.25) is 0 Å². The largest absolute Gasteiger partial charge is 0.375 e. The van der Waals surface area contributed by atoms with Crippen molar-refractivity contribution in [2.75, 3.05) is 0 Å². The standard InChI is InChI=1S/C14H23N3O2/c1-5-6-17-13(15-8-16-17)7-12(18)14-9(2)10(3)19-11(14)4/h8-11,14H,5-7H2,1-4H3. The van der Waals surface area contributed by atoms with E-state index in [1.165, 1.54) is 6.33 Å². The molecule has 0 amide bonds. The van der Waals surface area contributed by atoms with Gasteiger partial charge >= 0.3 is 0 Å². The molecule has 5 heteroatoms. The van der Waals surface area contributed by atoms with Gasteiger partial charge < -0.3 is 4.74 Å². The van der Waals surface area contributed by atoms with Gasteiger partial charge in [-0.25, -0.2) is 9.67 Å². The molecule has 106 valence electrons. The van der Waals surface area contributed by atoms with Crippen LogP contribution in [0.15, 0.2) is 6.33 Å². The predicted molar refractivity (Wildman–Crippen MR) is 71.7 cm³/mol. The summed E-state index contributed by atoms with van der Waals surface area (Å²) in [6, 6.07) is 0. The van der Waals surface area contributed by atoms with Crippen molar-refractivity contribution in [2.24, 2.45) is 11.8 Å².